The van der Waals surface area contributed by atoms with Crippen molar-refractivity contribution in [3.8, 4) is 45.0 Å². The number of carbonyl (C=O) groups is 1. The Morgan fingerprint density at radius 1 is 0.951 bits per heavy atom. The van der Waals surface area contributed by atoms with Gasteiger partial charge in [-0.05, 0) is 73.5 Å². The summed E-state index contributed by atoms with van der Waals surface area (Å²) in [5, 5.41) is 1.01. The average Bonchev–Trinajstić information content (AvgIpc) is 3.66. The van der Waals surface area contributed by atoms with E-state index < -0.39 is 12.1 Å². The van der Waals surface area contributed by atoms with Crippen LogP contribution in [0.25, 0.3) is 31.8 Å². The van der Waals surface area contributed by atoms with Crippen molar-refractivity contribution in [2.24, 2.45) is 0 Å². The first-order valence-corrected chi connectivity index (χ1v) is 21.1. The van der Waals surface area contributed by atoms with Crippen molar-refractivity contribution < 1.29 is 37.6 Å². The molecular formula is C45H48ClFN6O7S. The number of hydrogen-bond acceptors (Lipinski definition) is 14. The minimum absolute atomic E-state index is 0.0821. The van der Waals surface area contributed by atoms with E-state index in [1.165, 1.54) is 38.0 Å². The van der Waals surface area contributed by atoms with Crippen molar-refractivity contribution in [2.45, 2.75) is 39.6 Å². The average molecular weight is 871 g/mol. The van der Waals surface area contributed by atoms with Crippen molar-refractivity contribution in [2.75, 3.05) is 67.2 Å². The number of fused-ring (bicyclic) bond motifs is 1. The molecular weight excluding hydrogens is 823 g/mol. The van der Waals surface area contributed by atoms with Gasteiger partial charge in [-0.2, -0.15) is 4.98 Å². The number of halogens is 2. The molecule has 16 heteroatoms. The van der Waals surface area contributed by atoms with Gasteiger partial charge in [0.2, 0.25) is 12.0 Å². The second kappa shape index (κ2) is 20.4. The Morgan fingerprint density at radius 3 is 2.56 bits per heavy atom. The molecule has 1 aliphatic rings. The Morgan fingerprint density at radius 2 is 1.77 bits per heavy atom. The molecule has 4 heterocycles. The molecule has 0 unspecified atom stereocenters. The zero-order valence-electron chi connectivity index (χ0n) is 34.8. The van der Waals surface area contributed by atoms with E-state index >= 15 is 0 Å². The van der Waals surface area contributed by atoms with E-state index in [1.54, 1.807) is 31.3 Å². The van der Waals surface area contributed by atoms with Crippen LogP contribution < -0.4 is 18.9 Å². The minimum Gasteiger partial charge on any atom is -0.491 e. The molecule has 320 valence electrons. The number of ether oxygens (including phenoxy) is 6. The zero-order valence-corrected chi connectivity index (χ0v) is 36.4. The molecule has 0 spiro atoms. The Balaban J connectivity index is 1.26. The number of methoxy groups -OCH3 is 2. The van der Waals surface area contributed by atoms with Crippen molar-refractivity contribution >= 4 is 39.1 Å². The molecule has 0 aliphatic carbocycles. The molecule has 61 heavy (non-hydrogen) atoms. The van der Waals surface area contributed by atoms with Crippen LogP contribution in [0.1, 0.15) is 29.3 Å². The van der Waals surface area contributed by atoms with Crippen LogP contribution in [0.15, 0.2) is 73.2 Å². The summed E-state index contributed by atoms with van der Waals surface area (Å²) in [5.41, 5.74) is 4.66. The van der Waals surface area contributed by atoms with Crippen LogP contribution >= 0.6 is 22.9 Å². The molecule has 1 saturated heterocycles. The number of rotatable bonds is 18. The fourth-order valence-electron chi connectivity index (χ4n) is 7.10. The topological polar surface area (TPSA) is 130 Å². The van der Waals surface area contributed by atoms with Crippen LogP contribution in [0.5, 0.6) is 23.4 Å². The van der Waals surface area contributed by atoms with E-state index in [4.69, 9.17) is 40.0 Å². The fourth-order valence-corrected chi connectivity index (χ4v) is 8.46. The van der Waals surface area contributed by atoms with Crippen molar-refractivity contribution in [3.05, 3.63) is 106 Å². The summed E-state index contributed by atoms with van der Waals surface area (Å²) >= 11 is 8.51. The quantitative estimate of drug-likeness (QED) is 0.0779. The van der Waals surface area contributed by atoms with Gasteiger partial charge in [0, 0.05) is 68.5 Å². The third-order valence-corrected chi connectivity index (χ3v) is 12.0. The molecule has 3 aromatic heterocycles. The monoisotopic (exact) mass is 870 g/mol. The number of esters is 1. The molecule has 1 atom stereocenters. The summed E-state index contributed by atoms with van der Waals surface area (Å²) in [6, 6.07) is 18.1. The molecule has 7 rings (SSSR count). The van der Waals surface area contributed by atoms with E-state index in [-0.39, 0.29) is 43.9 Å². The van der Waals surface area contributed by atoms with E-state index in [0.29, 0.717) is 55.7 Å². The number of likely N-dealkylation sites (N-methyl/N-ethyl adjacent to an activating group) is 1. The fraction of sp³-hybridized carbons (Fsp3) is 0.356. The highest BCUT2D eigenvalue weighted by Gasteiger charge is 2.29. The Hall–Kier alpha value is -5.45. The number of thiophene rings is 1. The normalized spacial score (nSPS) is 13.9. The van der Waals surface area contributed by atoms with Crippen LogP contribution in [-0.2, 0) is 33.9 Å². The lowest BCUT2D eigenvalue weighted by molar-refractivity contribution is -0.151. The SMILES string of the molecule is CCOC(=O)[C@@H](Cc1ccccc1OCc1ccnc(OC)n1)Oc1ncnc2sc(-c3ccc(F)c(COC)c3)c(-c3ccc(OCCN4CCN(C)CC4)c(Cl)c3C)c12. The molecule has 1 aliphatic heterocycles. The maximum absolute atomic E-state index is 15.0. The number of hydrogen-bond donors (Lipinski definition) is 0. The van der Waals surface area contributed by atoms with Gasteiger partial charge in [-0.15, -0.1) is 11.3 Å². The zero-order chi connectivity index (χ0) is 42.9. The minimum atomic E-state index is -1.14. The maximum Gasteiger partial charge on any atom is 0.347 e. The standard InChI is InChI=1S/C45H48ClFN6O7S/c1-6-57-44(54)37(24-29-9-7-8-10-35(29)59-26-32-15-16-48-45(51-32)56-5)60-42-39-38(41(61-43(39)50-27-49-42)30-11-13-34(47)31(23-30)25-55-4)33-12-14-36(40(46)28(33)2)58-22-21-53-19-17-52(3)18-20-53/h7-16,23,27,37H,6,17-22,24-26H2,1-5H3/t37-/m1/s1. The summed E-state index contributed by atoms with van der Waals surface area (Å²) in [6.45, 7) is 9.29. The lowest BCUT2D eigenvalue weighted by Crippen LogP contribution is -2.45. The molecule has 0 saturated carbocycles. The second-order valence-corrected chi connectivity index (χ2v) is 15.8. The molecule has 1 fully saturated rings. The number of benzene rings is 3. The Kier molecular flexibility index (Phi) is 14.6. The van der Waals surface area contributed by atoms with E-state index in [0.717, 1.165) is 54.3 Å². The molecule has 0 radical (unpaired) electrons. The van der Waals surface area contributed by atoms with Crippen molar-refractivity contribution in [3.63, 3.8) is 0 Å². The first-order chi connectivity index (χ1) is 29.7. The Bertz CT molecular complexity index is 2470. The molecule has 3 aromatic carbocycles. The van der Waals surface area contributed by atoms with Gasteiger partial charge in [0.05, 0.1) is 36.4 Å². The van der Waals surface area contributed by atoms with Gasteiger partial charge in [-0.3, -0.25) is 4.90 Å². The predicted molar refractivity (Wildman–Crippen MR) is 232 cm³/mol. The van der Waals surface area contributed by atoms with Crippen LogP contribution in [-0.4, -0.2) is 109 Å². The highest BCUT2D eigenvalue weighted by atomic mass is 35.5. The third kappa shape index (κ3) is 10.4. The van der Waals surface area contributed by atoms with Crippen molar-refractivity contribution in [1.82, 2.24) is 29.7 Å². The van der Waals surface area contributed by atoms with Gasteiger partial charge in [0.25, 0.3) is 0 Å². The van der Waals surface area contributed by atoms with Gasteiger partial charge >= 0.3 is 12.0 Å². The van der Waals surface area contributed by atoms with Gasteiger partial charge in [-0.25, -0.2) is 24.1 Å². The van der Waals surface area contributed by atoms with Crippen LogP contribution in [0.2, 0.25) is 5.02 Å². The summed E-state index contributed by atoms with van der Waals surface area (Å²) < 4.78 is 50.2. The van der Waals surface area contributed by atoms with E-state index in [2.05, 4.69) is 36.8 Å². The number of para-hydroxylation sites is 1. The van der Waals surface area contributed by atoms with Crippen LogP contribution in [0.4, 0.5) is 4.39 Å². The first kappa shape index (κ1) is 43.6. The number of carbonyl (C=O) groups excluding carboxylic acids is 1. The molecule has 0 N–H and O–H groups in total. The summed E-state index contributed by atoms with van der Waals surface area (Å²) in [5.74, 6) is 0.296. The largest absolute Gasteiger partial charge is 0.491 e. The third-order valence-electron chi connectivity index (χ3n) is 10.4. The summed E-state index contributed by atoms with van der Waals surface area (Å²) in [6.07, 6.45) is 1.94. The molecule has 0 bridgehead atoms. The first-order valence-electron chi connectivity index (χ1n) is 20.0. The Labute approximate surface area is 363 Å². The number of piperazine rings is 1. The smallest absolute Gasteiger partial charge is 0.347 e. The highest BCUT2D eigenvalue weighted by molar-refractivity contribution is 7.22. The maximum atomic E-state index is 15.0. The second-order valence-electron chi connectivity index (χ2n) is 14.4. The lowest BCUT2D eigenvalue weighted by Gasteiger charge is -2.32. The van der Waals surface area contributed by atoms with E-state index in [1.807, 2.05) is 43.3 Å². The van der Waals surface area contributed by atoms with Crippen LogP contribution in [0.3, 0.4) is 0 Å². The predicted octanol–water partition coefficient (Wildman–Crippen LogP) is 7.83. The highest BCUT2D eigenvalue weighted by Crippen LogP contribution is 2.49. The van der Waals surface area contributed by atoms with E-state index in [9.17, 15) is 9.18 Å². The van der Waals surface area contributed by atoms with Crippen LogP contribution in [0, 0.1) is 12.7 Å². The number of aromatic nitrogens is 4. The molecule has 0 amide bonds. The van der Waals surface area contributed by atoms with Gasteiger partial charge < -0.3 is 33.3 Å². The summed E-state index contributed by atoms with van der Waals surface area (Å²) in [7, 11) is 5.15. The van der Waals surface area contributed by atoms with Crippen molar-refractivity contribution in [1.29, 1.82) is 0 Å². The number of nitrogens with zero attached hydrogens (tertiary/aromatic N) is 6. The molecule has 6 aromatic rings. The lowest BCUT2D eigenvalue weighted by atomic mass is 9.95. The van der Waals surface area contributed by atoms with Gasteiger partial charge in [0.15, 0.2) is 0 Å². The summed E-state index contributed by atoms with van der Waals surface area (Å²) in [4.78, 5) is 37.5. The van der Waals surface area contributed by atoms with Gasteiger partial charge in [0.1, 0.15) is 41.7 Å². The molecule has 13 nitrogen and oxygen atoms in total. The van der Waals surface area contributed by atoms with Gasteiger partial charge in [-0.1, -0.05) is 41.9 Å².